The summed E-state index contributed by atoms with van der Waals surface area (Å²) in [6, 6.07) is 8.07. The van der Waals surface area contributed by atoms with Crippen molar-refractivity contribution in [1.82, 2.24) is 4.57 Å². The smallest absolute Gasteiger partial charge is 0.261 e. The minimum absolute atomic E-state index is 0.201. The predicted molar refractivity (Wildman–Crippen MR) is 91.9 cm³/mol. The van der Waals surface area contributed by atoms with Crippen LogP contribution in [0.2, 0.25) is 0 Å². The fraction of sp³-hybridized carbons (Fsp3) is 0.353. The molecule has 1 heterocycles. The van der Waals surface area contributed by atoms with E-state index in [9.17, 15) is 13.2 Å². The van der Waals surface area contributed by atoms with Crippen LogP contribution in [-0.2, 0) is 34.1 Å². The number of benzene rings is 1. The summed E-state index contributed by atoms with van der Waals surface area (Å²) < 4.78 is 34.1. The average molecular weight is 348 g/mol. The molecule has 3 rings (SSSR count). The molecule has 0 fully saturated rings. The van der Waals surface area contributed by atoms with E-state index in [-0.39, 0.29) is 10.5 Å². The van der Waals surface area contributed by atoms with Gasteiger partial charge in [0.1, 0.15) is 0 Å². The fourth-order valence-corrected chi connectivity index (χ4v) is 3.98. The monoisotopic (exact) mass is 348 g/mol. The molecule has 6 nitrogen and oxygen atoms in total. The Morgan fingerprint density at radius 3 is 2.75 bits per heavy atom. The first kappa shape index (κ1) is 16.7. The SMILES string of the molecule is COCCn1cc(NS(=O)(=O)c2ccc3c(c2)CCC3)ccc1=O. The highest BCUT2D eigenvalue weighted by Crippen LogP contribution is 2.25. The van der Waals surface area contributed by atoms with E-state index >= 15 is 0 Å². The maximum Gasteiger partial charge on any atom is 0.261 e. The van der Waals surface area contributed by atoms with Crippen LogP contribution >= 0.6 is 0 Å². The van der Waals surface area contributed by atoms with Crippen LogP contribution in [0.15, 0.2) is 46.2 Å². The van der Waals surface area contributed by atoms with Gasteiger partial charge in [0, 0.05) is 25.9 Å². The zero-order valence-electron chi connectivity index (χ0n) is 13.5. The lowest BCUT2D eigenvalue weighted by Gasteiger charge is -2.11. The molecule has 0 spiro atoms. The lowest BCUT2D eigenvalue weighted by Crippen LogP contribution is -2.22. The Kier molecular flexibility index (Phi) is 4.73. The van der Waals surface area contributed by atoms with Gasteiger partial charge < -0.3 is 9.30 Å². The quantitative estimate of drug-likeness (QED) is 0.863. The van der Waals surface area contributed by atoms with Crippen molar-refractivity contribution in [3.63, 3.8) is 0 Å². The molecule has 0 radical (unpaired) electrons. The summed E-state index contributed by atoms with van der Waals surface area (Å²) in [6.45, 7) is 0.741. The van der Waals surface area contributed by atoms with E-state index in [1.807, 2.05) is 6.07 Å². The number of nitrogens with zero attached hydrogens (tertiary/aromatic N) is 1. The first-order valence-corrected chi connectivity index (χ1v) is 9.32. The second-order valence-electron chi connectivity index (χ2n) is 5.83. The van der Waals surface area contributed by atoms with Gasteiger partial charge in [0.25, 0.3) is 15.6 Å². The van der Waals surface area contributed by atoms with Gasteiger partial charge >= 0.3 is 0 Å². The molecule has 1 aliphatic rings. The molecule has 128 valence electrons. The van der Waals surface area contributed by atoms with E-state index in [1.165, 1.54) is 28.5 Å². The van der Waals surface area contributed by atoms with Gasteiger partial charge in [0.15, 0.2) is 0 Å². The van der Waals surface area contributed by atoms with Crippen LogP contribution in [0.1, 0.15) is 17.5 Å². The van der Waals surface area contributed by atoms with Crippen molar-refractivity contribution in [1.29, 1.82) is 0 Å². The number of nitrogens with one attached hydrogen (secondary N) is 1. The molecule has 0 unspecified atom stereocenters. The molecule has 1 N–H and O–H groups in total. The summed E-state index contributed by atoms with van der Waals surface area (Å²) in [4.78, 5) is 12.0. The largest absolute Gasteiger partial charge is 0.383 e. The standard InChI is InChI=1S/C17H20N2O4S/c1-23-10-9-19-12-15(6-8-17(19)20)18-24(21,22)16-7-5-13-3-2-4-14(13)11-16/h5-8,11-12,18H,2-4,9-10H2,1H3. The number of fused-ring (bicyclic) bond motifs is 1. The highest BCUT2D eigenvalue weighted by molar-refractivity contribution is 7.92. The number of pyridine rings is 1. The molecule has 7 heteroatoms. The summed E-state index contributed by atoms with van der Waals surface area (Å²) in [6.07, 6.45) is 4.48. The summed E-state index contributed by atoms with van der Waals surface area (Å²) in [5.41, 5.74) is 2.48. The number of ether oxygens (including phenoxy) is 1. The highest BCUT2D eigenvalue weighted by atomic mass is 32.2. The number of aryl methyl sites for hydroxylation is 2. The van der Waals surface area contributed by atoms with Crippen molar-refractivity contribution in [3.8, 4) is 0 Å². The third-order valence-electron chi connectivity index (χ3n) is 4.15. The van der Waals surface area contributed by atoms with Crippen LogP contribution in [-0.4, -0.2) is 26.7 Å². The normalized spacial score (nSPS) is 13.7. The number of aromatic nitrogens is 1. The van der Waals surface area contributed by atoms with Gasteiger partial charge in [-0.15, -0.1) is 0 Å². The van der Waals surface area contributed by atoms with Gasteiger partial charge in [-0.2, -0.15) is 0 Å². The van der Waals surface area contributed by atoms with Crippen molar-refractivity contribution in [2.24, 2.45) is 0 Å². The highest BCUT2D eigenvalue weighted by Gasteiger charge is 2.18. The van der Waals surface area contributed by atoms with Crippen molar-refractivity contribution in [2.45, 2.75) is 30.7 Å². The molecule has 24 heavy (non-hydrogen) atoms. The van der Waals surface area contributed by atoms with Gasteiger partial charge in [-0.25, -0.2) is 8.42 Å². The van der Waals surface area contributed by atoms with Crippen LogP contribution in [0.25, 0.3) is 0 Å². The summed E-state index contributed by atoms with van der Waals surface area (Å²) in [5, 5.41) is 0. The molecule has 0 amide bonds. The van der Waals surface area contributed by atoms with E-state index in [0.29, 0.717) is 18.8 Å². The Hall–Kier alpha value is -2.12. The molecule has 0 saturated carbocycles. The number of sulfonamides is 1. The van der Waals surface area contributed by atoms with Gasteiger partial charge in [0.2, 0.25) is 0 Å². The minimum Gasteiger partial charge on any atom is -0.383 e. The van der Waals surface area contributed by atoms with Crippen molar-refractivity contribution < 1.29 is 13.2 Å². The lowest BCUT2D eigenvalue weighted by atomic mass is 10.1. The van der Waals surface area contributed by atoms with Crippen molar-refractivity contribution in [2.75, 3.05) is 18.4 Å². The van der Waals surface area contributed by atoms with E-state index in [1.54, 1.807) is 19.2 Å². The number of methoxy groups -OCH3 is 1. The minimum atomic E-state index is -3.68. The Morgan fingerprint density at radius 2 is 1.96 bits per heavy atom. The molecule has 0 bridgehead atoms. The molecule has 2 aromatic rings. The van der Waals surface area contributed by atoms with Gasteiger partial charge in [-0.1, -0.05) is 6.07 Å². The van der Waals surface area contributed by atoms with Crippen LogP contribution in [0, 0.1) is 0 Å². The molecular weight excluding hydrogens is 328 g/mol. The Labute approximate surface area is 141 Å². The van der Waals surface area contributed by atoms with Crippen molar-refractivity contribution >= 4 is 15.7 Å². The number of hydrogen-bond acceptors (Lipinski definition) is 4. The van der Waals surface area contributed by atoms with E-state index < -0.39 is 10.0 Å². The second kappa shape index (κ2) is 6.78. The Balaban J connectivity index is 1.85. The maximum absolute atomic E-state index is 12.6. The number of rotatable bonds is 6. The summed E-state index contributed by atoms with van der Waals surface area (Å²) in [5.74, 6) is 0. The lowest BCUT2D eigenvalue weighted by molar-refractivity contribution is 0.186. The van der Waals surface area contributed by atoms with E-state index in [4.69, 9.17) is 4.74 Å². The Morgan fingerprint density at radius 1 is 1.17 bits per heavy atom. The zero-order chi connectivity index (χ0) is 17.2. The second-order valence-corrected chi connectivity index (χ2v) is 7.51. The van der Waals surface area contributed by atoms with Gasteiger partial charge in [-0.05, 0) is 48.6 Å². The van der Waals surface area contributed by atoms with Crippen LogP contribution < -0.4 is 10.3 Å². The topological polar surface area (TPSA) is 77.4 Å². The van der Waals surface area contributed by atoms with Gasteiger partial charge in [-0.3, -0.25) is 9.52 Å². The Bertz CT molecular complexity index is 903. The third-order valence-corrected chi connectivity index (χ3v) is 5.53. The predicted octanol–water partition coefficient (Wildman–Crippen LogP) is 1.78. The molecule has 1 aliphatic carbocycles. The van der Waals surface area contributed by atoms with Crippen LogP contribution in [0.4, 0.5) is 5.69 Å². The van der Waals surface area contributed by atoms with Crippen LogP contribution in [0.3, 0.4) is 0 Å². The molecule has 1 aromatic carbocycles. The third kappa shape index (κ3) is 3.52. The van der Waals surface area contributed by atoms with Gasteiger partial charge in [0.05, 0.1) is 17.2 Å². The number of hydrogen-bond donors (Lipinski definition) is 1. The molecule has 0 atom stereocenters. The average Bonchev–Trinajstić information content (AvgIpc) is 3.02. The summed E-state index contributed by atoms with van der Waals surface area (Å²) >= 11 is 0. The number of anilines is 1. The van der Waals surface area contributed by atoms with Crippen LogP contribution in [0.5, 0.6) is 0 Å². The van der Waals surface area contributed by atoms with E-state index in [0.717, 1.165) is 24.8 Å². The summed E-state index contributed by atoms with van der Waals surface area (Å²) in [7, 11) is -2.13. The first-order chi connectivity index (χ1) is 11.5. The van der Waals surface area contributed by atoms with Crippen molar-refractivity contribution in [3.05, 3.63) is 58.0 Å². The maximum atomic E-state index is 12.6. The zero-order valence-corrected chi connectivity index (χ0v) is 14.3. The fourth-order valence-electron chi connectivity index (χ4n) is 2.89. The molecule has 1 aromatic heterocycles. The molecular formula is C17H20N2O4S. The first-order valence-electron chi connectivity index (χ1n) is 7.84. The van der Waals surface area contributed by atoms with E-state index in [2.05, 4.69) is 4.72 Å². The molecule has 0 saturated heterocycles. The molecule has 0 aliphatic heterocycles.